The smallest absolute Gasteiger partial charge is 0.339 e. The molecule has 4 rings (SSSR count). The molecule has 2 heterocycles. The fourth-order valence-corrected chi connectivity index (χ4v) is 4.43. The second-order valence-corrected chi connectivity index (χ2v) is 9.35. The number of hydrogen-bond acceptors (Lipinski definition) is 4. The quantitative estimate of drug-likeness (QED) is 0.303. The fourth-order valence-electron chi connectivity index (χ4n) is 3.50. The summed E-state index contributed by atoms with van der Waals surface area (Å²) in [6.45, 7) is 5.99. The molecule has 0 aliphatic heterocycles. The molecule has 0 fully saturated rings. The van der Waals surface area contributed by atoms with Crippen LogP contribution in [0.2, 0.25) is 0 Å². The van der Waals surface area contributed by atoms with E-state index in [4.69, 9.17) is 4.18 Å². The Kier molecular flexibility index (Phi) is 5.41. The lowest BCUT2D eigenvalue weighted by molar-refractivity contribution is 0.103. The van der Waals surface area contributed by atoms with E-state index in [0.29, 0.717) is 11.3 Å². The van der Waals surface area contributed by atoms with E-state index in [9.17, 15) is 13.2 Å². The van der Waals surface area contributed by atoms with Crippen molar-refractivity contribution in [3.05, 3.63) is 101 Å². The third kappa shape index (κ3) is 4.11. The van der Waals surface area contributed by atoms with Gasteiger partial charge in [-0.15, -0.1) is 0 Å². The average molecular weight is 434 g/mol. The van der Waals surface area contributed by atoms with Crippen LogP contribution in [0.1, 0.15) is 46.9 Å². The lowest BCUT2D eigenvalue weighted by Gasteiger charge is -2.10. The Morgan fingerprint density at radius 1 is 0.935 bits per heavy atom. The molecule has 0 N–H and O–H groups in total. The maximum atomic E-state index is 13.3. The van der Waals surface area contributed by atoms with E-state index in [1.165, 1.54) is 24.3 Å². The molecule has 0 bridgehead atoms. The van der Waals surface area contributed by atoms with E-state index in [1.54, 1.807) is 24.3 Å². The molecule has 0 spiro atoms. The molecule has 0 atom stereocenters. The molecule has 0 saturated heterocycles. The zero-order valence-electron chi connectivity index (χ0n) is 17.6. The predicted molar refractivity (Wildman–Crippen MR) is 120 cm³/mol. The van der Waals surface area contributed by atoms with Gasteiger partial charge in [-0.2, -0.15) is 8.42 Å². The topological polar surface area (TPSA) is 64.9 Å². The Morgan fingerprint density at radius 3 is 2.26 bits per heavy atom. The summed E-state index contributed by atoms with van der Waals surface area (Å²) in [5.74, 6) is 0.213. The Morgan fingerprint density at radius 2 is 1.61 bits per heavy atom. The number of nitrogens with zero attached hydrogens (tertiary/aromatic N) is 1. The van der Waals surface area contributed by atoms with Gasteiger partial charge in [-0.05, 0) is 73.0 Å². The summed E-state index contributed by atoms with van der Waals surface area (Å²) in [4.78, 5) is 13.4. The molecule has 0 amide bonds. The van der Waals surface area contributed by atoms with Gasteiger partial charge in [0.25, 0.3) is 0 Å². The Hall–Kier alpha value is -3.38. The molecule has 6 heteroatoms. The van der Waals surface area contributed by atoms with Crippen molar-refractivity contribution in [2.24, 2.45) is 0 Å². The molecule has 2 aromatic heterocycles. The van der Waals surface area contributed by atoms with Crippen LogP contribution in [0, 0.1) is 6.92 Å². The zero-order chi connectivity index (χ0) is 22.2. The molecule has 0 saturated carbocycles. The van der Waals surface area contributed by atoms with Gasteiger partial charge in [0.05, 0.1) is 5.69 Å². The normalized spacial score (nSPS) is 11.7. The first-order chi connectivity index (χ1) is 14.8. The molecule has 31 heavy (non-hydrogen) atoms. The van der Waals surface area contributed by atoms with Crippen LogP contribution in [0.5, 0.6) is 5.75 Å². The van der Waals surface area contributed by atoms with Crippen molar-refractivity contribution in [3.63, 3.8) is 0 Å². The molecule has 5 nitrogen and oxygen atoms in total. The van der Waals surface area contributed by atoms with Crippen LogP contribution >= 0.6 is 0 Å². The lowest BCUT2D eigenvalue weighted by Crippen LogP contribution is -2.11. The third-order valence-corrected chi connectivity index (χ3v) is 6.44. The minimum Gasteiger partial charge on any atom is -0.379 e. The molecule has 0 unspecified atom stereocenters. The predicted octanol–water partition coefficient (Wildman–Crippen LogP) is 5.37. The van der Waals surface area contributed by atoms with Crippen LogP contribution in [0.15, 0.2) is 83.9 Å². The van der Waals surface area contributed by atoms with Gasteiger partial charge in [0.15, 0.2) is 0 Å². The monoisotopic (exact) mass is 433 g/mol. The van der Waals surface area contributed by atoms with Gasteiger partial charge in [0.2, 0.25) is 5.78 Å². The SMILES string of the molecule is Cc1ccc(S(=O)(=O)Oc2ccc(C(=O)c3c(C(C)C)cc4ccccn34)cc2)cc1. The van der Waals surface area contributed by atoms with Gasteiger partial charge in [0.1, 0.15) is 10.6 Å². The Balaban J connectivity index is 1.63. The fraction of sp³-hybridized carbons (Fsp3) is 0.160. The van der Waals surface area contributed by atoms with Crippen molar-refractivity contribution in [2.75, 3.05) is 0 Å². The number of pyridine rings is 1. The van der Waals surface area contributed by atoms with E-state index >= 15 is 0 Å². The highest BCUT2D eigenvalue weighted by atomic mass is 32.2. The van der Waals surface area contributed by atoms with Crippen molar-refractivity contribution >= 4 is 21.4 Å². The van der Waals surface area contributed by atoms with E-state index in [2.05, 4.69) is 13.8 Å². The van der Waals surface area contributed by atoms with Gasteiger partial charge in [-0.3, -0.25) is 4.79 Å². The summed E-state index contributed by atoms with van der Waals surface area (Å²) in [5.41, 5.74) is 3.97. The number of fused-ring (bicyclic) bond motifs is 1. The lowest BCUT2D eigenvalue weighted by atomic mass is 9.98. The largest absolute Gasteiger partial charge is 0.379 e. The number of carbonyl (C=O) groups excluding carboxylic acids is 1. The molecular formula is C25H23NO4S. The van der Waals surface area contributed by atoms with Gasteiger partial charge in [-0.25, -0.2) is 0 Å². The number of carbonyl (C=O) groups is 1. The molecule has 0 radical (unpaired) electrons. The van der Waals surface area contributed by atoms with Crippen LogP contribution in [-0.4, -0.2) is 18.6 Å². The van der Waals surface area contributed by atoms with Crippen LogP contribution in [0.4, 0.5) is 0 Å². The van der Waals surface area contributed by atoms with Crippen LogP contribution in [-0.2, 0) is 10.1 Å². The van der Waals surface area contributed by atoms with E-state index in [-0.39, 0.29) is 22.3 Å². The highest BCUT2D eigenvalue weighted by Gasteiger charge is 2.21. The number of aromatic nitrogens is 1. The van der Waals surface area contributed by atoms with Crippen molar-refractivity contribution in [1.29, 1.82) is 0 Å². The summed E-state index contributed by atoms with van der Waals surface area (Å²) in [7, 11) is -3.94. The van der Waals surface area contributed by atoms with Crippen LogP contribution in [0.25, 0.3) is 5.52 Å². The molecule has 0 aliphatic rings. The van der Waals surface area contributed by atoms with E-state index in [0.717, 1.165) is 16.6 Å². The minimum absolute atomic E-state index is 0.0829. The number of rotatable bonds is 6. The average Bonchev–Trinajstić information content (AvgIpc) is 3.14. The summed E-state index contributed by atoms with van der Waals surface area (Å²) in [5, 5.41) is 0. The summed E-state index contributed by atoms with van der Waals surface area (Å²) in [6, 6.07) is 20.5. The molecule has 158 valence electrons. The first kappa shape index (κ1) is 20.9. The summed E-state index contributed by atoms with van der Waals surface area (Å²) < 4.78 is 32.1. The molecule has 4 aromatic rings. The first-order valence-corrected chi connectivity index (χ1v) is 11.4. The second-order valence-electron chi connectivity index (χ2n) is 7.80. The van der Waals surface area contributed by atoms with Gasteiger partial charge >= 0.3 is 10.1 Å². The molecule has 0 aliphatic carbocycles. The van der Waals surface area contributed by atoms with Crippen molar-refractivity contribution in [3.8, 4) is 5.75 Å². The van der Waals surface area contributed by atoms with Gasteiger partial charge < -0.3 is 8.58 Å². The third-order valence-electron chi connectivity index (χ3n) is 5.18. The highest BCUT2D eigenvalue weighted by molar-refractivity contribution is 7.87. The standard InChI is InChI=1S/C25H23NO4S/c1-17(2)23-16-20-6-4-5-15-26(20)24(23)25(27)19-9-11-21(12-10-19)30-31(28,29)22-13-7-18(3)8-14-22/h4-17H,1-3H3. The zero-order valence-corrected chi connectivity index (χ0v) is 18.4. The number of hydrogen-bond donors (Lipinski definition) is 0. The molecule has 2 aromatic carbocycles. The summed E-state index contributed by atoms with van der Waals surface area (Å²) in [6.07, 6.45) is 1.88. The van der Waals surface area contributed by atoms with Crippen LogP contribution < -0.4 is 4.18 Å². The number of aryl methyl sites for hydroxylation is 1. The van der Waals surface area contributed by atoms with Gasteiger partial charge in [-0.1, -0.05) is 37.6 Å². The van der Waals surface area contributed by atoms with Crippen LogP contribution in [0.3, 0.4) is 0 Å². The minimum atomic E-state index is -3.94. The van der Waals surface area contributed by atoms with Crippen molar-refractivity contribution in [1.82, 2.24) is 4.40 Å². The second kappa shape index (κ2) is 8.04. The Bertz CT molecular complexity index is 1350. The number of benzene rings is 2. The first-order valence-electron chi connectivity index (χ1n) is 10.0. The van der Waals surface area contributed by atoms with Crippen molar-refractivity contribution in [2.45, 2.75) is 31.6 Å². The molecular weight excluding hydrogens is 410 g/mol. The highest BCUT2D eigenvalue weighted by Crippen LogP contribution is 2.27. The number of ketones is 1. The van der Waals surface area contributed by atoms with Gasteiger partial charge in [0, 0.05) is 17.3 Å². The van der Waals surface area contributed by atoms with Crippen molar-refractivity contribution < 1.29 is 17.4 Å². The maximum absolute atomic E-state index is 13.3. The van der Waals surface area contributed by atoms with E-state index in [1.807, 2.05) is 41.8 Å². The maximum Gasteiger partial charge on any atom is 0.339 e. The summed E-state index contributed by atoms with van der Waals surface area (Å²) >= 11 is 0. The Labute approximate surface area is 182 Å². The van der Waals surface area contributed by atoms with E-state index < -0.39 is 10.1 Å².